The van der Waals surface area contributed by atoms with Crippen molar-refractivity contribution in [1.82, 2.24) is 10.2 Å². The van der Waals surface area contributed by atoms with Gasteiger partial charge in [0.1, 0.15) is 12.4 Å². The monoisotopic (exact) mass is 381 g/mol. The van der Waals surface area contributed by atoms with E-state index in [-0.39, 0.29) is 18.4 Å². The molecule has 6 heteroatoms. The number of rotatable bonds is 9. The Balaban J connectivity index is 1.43. The molecule has 0 atom stereocenters. The third-order valence-electron chi connectivity index (χ3n) is 4.56. The van der Waals surface area contributed by atoms with Crippen molar-refractivity contribution in [3.8, 4) is 5.75 Å². The molecule has 1 saturated carbocycles. The van der Waals surface area contributed by atoms with E-state index in [4.69, 9.17) is 4.74 Å². The van der Waals surface area contributed by atoms with E-state index in [2.05, 4.69) is 10.6 Å². The lowest BCUT2D eigenvalue weighted by atomic mass is 10.2. The number of carbonyl (C=O) groups excluding carboxylic acids is 2. The molecule has 0 spiro atoms. The lowest BCUT2D eigenvalue weighted by molar-refractivity contribution is -0.117. The molecule has 0 radical (unpaired) electrons. The lowest BCUT2D eigenvalue weighted by Crippen LogP contribution is -2.33. The first kappa shape index (κ1) is 19.9. The number of hydrogen-bond acceptors (Lipinski definition) is 4. The molecule has 0 unspecified atom stereocenters. The van der Waals surface area contributed by atoms with E-state index in [1.807, 2.05) is 43.1 Å². The molecule has 2 N–H and O–H groups in total. The Morgan fingerprint density at radius 1 is 1.14 bits per heavy atom. The lowest BCUT2D eigenvalue weighted by Gasteiger charge is -2.17. The minimum atomic E-state index is -0.127. The number of ether oxygens (including phenoxy) is 1. The summed E-state index contributed by atoms with van der Waals surface area (Å²) < 4.78 is 5.77. The Kier molecular flexibility index (Phi) is 6.66. The van der Waals surface area contributed by atoms with Crippen LogP contribution in [0.1, 0.15) is 28.8 Å². The van der Waals surface area contributed by atoms with Crippen LogP contribution in [0.5, 0.6) is 5.75 Å². The zero-order chi connectivity index (χ0) is 19.9. The van der Waals surface area contributed by atoms with Gasteiger partial charge in [0.15, 0.2) is 0 Å². The van der Waals surface area contributed by atoms with Crippen LogP contribution in [0.4, 0.5) is 5.69 Å². The number of anilines is 1. The summed E-state index contributed by atoms with van der Waals surface area (Å²) in [5.41, 5.74) is 2.27. The third kappa shape index (κ3) is 6.09. The molecule has 6 nitrogen and oxygen atoms in total. The van der Waals surface area contributed by atoms with Crippen molar-refractivity contribution in [2.24, 2.45) is 0 Å². The molecule has 2 aromatic carbocycles. The Hall–Kier alpha value is -2.86. The highest BCUT2D eigenvalue weighted by molar-refractivity contribution is 5.97. The van der Waals surface area contributed by atoms with Gasteiger partial charge in [-0.25, -0.2) is 0 Å². The van der Waals surface area contributed by atoms with Crippen molar-refractivity contribution in [3.05, 3.63) is 59.7 Å². The van der Waals surface area contributed by atoms with Gasteiger partial charge in [-0.2, -0.15) is 0 Å². The molecule has 0 bridgehead atoms. The smallest absolute Gasteiger partial charge is 0.251 e. The van der Waals surface area contributed by atoms with E-state index in [9.17, 15) is 9.59 Å². The molecule has 2 amide bonds. The number of hydrogen-bond donors (Lipinski definition) is 2. The fourth-order valence-corrected chi connectivity index (χ4v) is 2.79. The molecule has 28 heavy (non-hydrogen) atoms. The average molecular weight is 381 g/mol. The molecule has 1 fully saturated rings. The van der Waals surface area contributed by atoms with Gasteiger partial charge in [0.2, 0.25) is 5.91 Å². The summed E-state index contributed by atoms with van der Waals surface area (Å²) in [5.74, 6) is 0.642. The second kappa shape index (κ2) is 9.37. The molecule has 1 aliphatic rings. The summed E-state index contributed by atoms with van der Waals surface area (Å²) in [6.07, 6.45) is 2.09. The van der Waals surface area contributed by atoms with Crippen LogP contribution in [0.25, 0.3) is 0 Å². The molecular weight excluding hydrogens is 354 g/mol. The van der Waals surface area contributed by atoms with Crippen LogP contribution < -0.4 is 15.4 Å². The van der Waals surface area contributed by atoms with Gasteiger partial charge in [-0.3, -0.25) is 14.5 Å². The van der Waals surface area contributed by atoms with Gasteiger partial charge in [0.25, 0.3) is 5.91 Å². The number of carbonyl (C=O) groups is 2. The standard InChI is InChI=1S/C22H27N3O3/c1-16-6-3-4-9-20(16)28-13-12-25(2)15-21(26)23-19-8-5-7-17(14-19)22(27)24-18-10-11-18/h3-9,14,18H,10-13,15H2,1-2H3,(H,23,26)(H,24,27). The minimum absolute atomic E-state index is 0.0935. The highest BCUT2D eigenvalue weighted by Gasteiger charge is 2.23. The number of aryl methyl sites for hydroxylation is 1. The van der Waals surface area contributed by atoms with Crippen LogP contribution in [-0.2, 0) is 4.79 Å². The summed E-state index contributed by atoms with van der Waals surface area (Å²) in [6, 6.07) is 15.2. The number of nitrogens with one attached hydrogen (secondary N) is 2. The maximum Gasteiger partial charge on any atom is 0.251 e. The predicted molar refractivity (Wildman–Crippen MR) is 110 cm³/mol. The Morgan fingerprint density at radius 3 is 2.68 bits per heavy atom. The fraction of sp³-hybridized carbons (Fsp3) is 0.364. The van der Waals surface area contributed by atoms with Crippen LogP contribution in [0.3, 0.4) is 0 Å². The van der Waals surface area contributed by atoms with Crippen molar-refractivity contribution in [1.29, 1.82) is 0 Å². The highest BCUT2D eigenvalue weighted by atomic mass is 16.5. The van der Waals surface area contributed by atoms with E-state index in [1.165, 1.54) is 0 Å². The Bertz CT molecular complexity index is 833. The van der Waals surface area contributed by atoms with Crippen LogP contribution in [-0.4, -0.2) is 49.5 Å². The second-order valence-corrected chi connectivity index (χ2v) is 7.23. The molecule has 0 aromatic heterocycles. The number of para-hydroxylation sites is 1. The minimum Gasteiger partial charge on any atom is -0.492 e. The van der Waals surface area contributed by atoms with Gasteiger partial charge in [0.05, 0.1) is 6.54 Å². The summed E-state index contributed by atoms with van der Waals surface area (Å²) in [6.45, 7) is 3.39. The molecule has 1 aliphatic carbocycles. The van der Waals surface area contributed by atoms with E-state index in [1.54, 1.807) is 24.3 Å². The molecule has 148 valence electrons. The summed E-state index contributed by atoms with van der Waals surface area (Å²) in [7, 11) is 1.88. The van der Waals surface area contributed by atoms with Gasteiger partial charge in [-0.05, 0) is 56.6 Å². The first-order valence-electron chi connectivity index (χ1n) is 9.59. The molecule has 0 heterocycles. The largest absolute Gasteiger partial charge is 0.492 e. The van der Waals surface area contributed by atoms with Gasteiger partial charge in [-0.15, -0.1) is 0 Å². The highest BCUT2D eigenvalue weighted by Crippen LogP contribution is 2.20. The average Bonchev–Trinajstić information content (AvgIpc) is 3.47. The fourth-order valence-electron chi connectivity index (χ4n) is 2.79. The summed E-state index contributed by atoms with van der Waals surface area (Å²) in [4.78, 5) is 26.3. The Morgan fingerprint density at radius 2 is 1.93 bits per heavy atom. The number of nitrogens with zero attached hydrogens (tertiary/aromatic N) is 1. The van der Waals surface area contributed by atoms with Crippen molar-refractivity contribution in [3.63, 3.8) is 0 Å². The van der Waals surface area contributed by atoms with Gasteiger partial charge < -0.3 is 15.4 Å². The van der Waals surface area contributed by atoms with E-state index >= 15 is 0 Å². The normalized spacial score (nSPS) is 13.2. The third-order valence-corrected chi connectivity index (χ3v) is 4.56. The van der Waals surface area contributed by atoms with Gasteiger partial charge in [0, 0.05) is 23.8 Å². The van der Waals surface area contributed by atoms with Crippen LogP contribution in [0, 0.1) is 6.92 Å². The van der Waals surface area contributed by atoms with Crippen molar-refractivity contribution in [2.75, 3.05) is 32.1 Å². The van der Waals surface area contributed by atoms with Gasteiger partial charge >= 0.3 is 0 Å². The molecular formula is C22H27N3O3. The van der Waals surface area contributed by atoms with Crippen LogP contribution >= 0.6 is 0 Å². The van der Waals surface area contributed by atoms with E-state index in [0.717, 1.165) is 24.2 Å². The SMILES string of the molecule is Cc1ccccc1OCCN(C)CC(=O)Nc1cccc(C(=O)NC2CC2)c1. The number of benzene rings is 2. The maximum absolute atomic E-state index is 12.3. The van der Waals surface area contributed by atoms with Crippen LogP contribution in [0.15, 0.2) is 48.5 Å². The zero-order valence-corrected chi connectivity index (χ0v) is 16.4. The Labute approximate surface area is 165 Å². The molecule has 0 saturated heterocycles. The van der Waals surface area contributed by atoms with Crippen molar-refractivity contribution < 1.29 is 14.3 Å². The number of amides is 2. The van der Waals surface area contributed by atoms with Crippen molar-refractivity contribution >= 4 is 17.5 Å². The summed E-state index contributed by atoms with van der Waals surface area (Å²) in [5, 5.41) is 5.80. The first-order chi connectivity index (χ1) is 13.5. The number of likely N-dealkylation sites (N-methyl/N-ethyl adjacent to an activating group) is 1. The molecule has 2 aromatic rings. The van der Waals surface area contributed by atoms with Crippen molar-refractivity contribution in [2.45, 2.75) is 25.8 Å². The van der Waals surface area contributed by atoms with E-state index < -0.39 is 0 Å². The van der Waals surface area contributed by atoms with Crippen LogP contribution in [0.2, 0.25) is 0 Å². The molecule has 3 rings (SSSR count). The summed E-state index contributed by atoms with van der Waals surface area (Å²) >= 11 is 0. The molecule has 0 aliphatic heterocycles. The van der Waals surface area contributed by atoms with Gasteiger partial charge in [-0.1, -0.05) is 24.3 Å². The topological polar surface area (TPSA) is 70.7 Å². The predicted octanol–water partition coefficient (Wildman–Crippen LogP) is 2.84. The quantitative estimate of drug-likeness (QED) is 0.701. The second-order valence-electron chi connectivity index (χ2n) is 7.23. The zero-order valence-electron chi connectivity index (χ0n) is 16.4. The maximum atomic E-state index is 12.3. The van der Waals surface area contributed by atoms with E-state index in [0.29, 0.717) is 30.4 Å². The first-order valence-corrected chi connectivity index (χ1v) is 9.59.